The van der Waals surface area contributed by atoms with Gasteiger partial charge in [-0.05, 0) is 24.1 Å². The van der Waals surface area contributed by atoms with Gasteiger partial charge in [0.2, 0.25) is 0 Å². The molecule has 0 amide bonds. The second kappa shape index (κ2) is 8.71. The van der Waals surface area contributed by atoms with Crippen LogP contribution in [0.1, 0.15) is 17.2 Å². The number of nitrogens with zero attached hydrogens (tertiary/aromatic N) is 4. The van der Waals surface area contributed by atoms with Crippen LogP contribution in [-0.2, 0) is 18.2 Å². The van der Waals surface area contributed by atoms with Gasteiger partial charge in [-0.1, -0.05) is 12.1 Å². The minimum atomic E-state index is 0.0255. The zero-order valence-electron chi connectivity index (χ0n) is 15.7. The lowest BCUT2D eigenvalue weighted by atomic mass is 10.1. The van der Waals surface area contributed by atoms with E-state index in [1.165, 1.54) is 5.56 Å². The Bertz CT molecular complexity index is 726. The molecular formula is C19H27N5O2. The molecule has 26 heavy (non-hydrogen) atoms. The molecule has 1 saturated heterocycles. The Morgan fingerprint density at radius 1 is 1.38 bits per heavy atom. The van der Waals surface area contributed by atoms with Gasteiger partial charge >= 0.3 is 0 Å². The minimum Gasteiger partial charge on any atom is -0.497 e. The zero-order valence-corrected chi connectivity index (χ0v) is 15.7. The number of guanidine groups is 1. The first-order valence-corrected chi connectivity index (χ1v) is 8.88. The van der Waals surface area contributed by atoms with Crippen molar-refractivity contribution in [2.45, 2.75) is 12.5 Å². The van der Waals surface area contributed by atoms with Crippen molar-refractivity contribution in [2.75, 3.05) is 40.4 Å². The van der Waals surface area contributed by atoms with Crippen LogP contribution in [0.15, 0.2) is 41.7 Å². The quantitative estimate of drug-likeness (QED) is 0.651. The average Bonchev–Trinajstić information content (AvgIpc) is 3.12. The van der Waals surface area contributed by atoms with Crippen molar-refractivity contribution in [3.8, 4) is 5.75 Å². The lowest BCUT2D eigenvalue weighted by molar-refractivity contribution is -0.00800. The highest BCUT2D eigenvalue weighted by atomic mass is 16.5. The summed E-state index contributed by atoms with van der Waals surface area (Å²) in [6.07, 6.45) is 4.83. The molecule has 1 aromatic carbocycles. The highest BCUT2D eigenvalue weighted by molar-refractivity contribution is 5.80. The summed E-state index contributed by atoms with van der Waals surface area (Å²) < 4.78 is 12.9. The molecule has 1 aromatic heterocycles. The summed E-state index contributed by atoms with van der Waals surface area (Å²) in [6, 6.07) is 8.17. The first-order chi connectivity index (χ1) is 12.7. The predicted molar refractivity (Wildman–Crippen MR) is 102 cm³/mol. The van der Waals surface area contributed by atoms with Crippen LogP contribution in [0.5, 0.6) is 5.75 Å². The Morgan fingerprint density at radius 2 is 2.19 bits per heavy atom. The van der Waals surface area contributed by atoms with Gasteiger partial charge in [-0.2, -0.15) is 5.10 Å². The second-order valence-corrected chi connectivity index (χ2v) is 6.32. The molecule has 1 aliphatic rings. The number of nitrogens with one attached hydrogen (secondary N) is 1. The van der Waals surface area contributed by atoms with E-state index in [2.05, 4.69) is 32.4 Å². The molecule has 7 heteroatoms. The summed E-state index contributed by atoms with van der Waals surface area (Å²) in [7, 11) is 5.43. The fourth-order valence-electron chi connectivity index (χ4n) is 3.09. The van der Waals surface area contributed by atoms with Crippen LogP contribution in [-0.4, -0.2) is 61.0 Å². The van der Waals surface area contributed by atoms with Crippen LogP contribution >= 0.6 is 0 Å². The molecular weight excluding hydrogens is 330 g/mol. The normalized spacial score (nSPS) is 18.0. The molecule has 0 bridgehead atoms. The first kappa shape index (κ1) is 18.3. The number of rotatable bonds is 5. The van der Waals surface area contributed by atoms with E-state index < -0.39 is 0 Å². The van der Waals surface area contributed by atoms with Crippen molar-refractivity contribution in [3.63, 3.8) is 0 Å². The van der Waals surface area contributed by atoms with Crippen LogP contribution < -0.4 is 10.1 Å². The topological polar surface area (TPSA) is 63.9 Å². The SMILES string of the molecule is CN=C(NCCc1ccc(OC)cc1)N1CCOC(c2cnn(C)c2)C1. The van der Waals surface area contributed by atoms with Crippen molar-refractivity contribution in [1.29, 1.82) is 0 Å². The molecule has 3 rings (SSSR count). The van der Waals surface area contributed by atoms with Crippen molar-refractivity contribution < 1.29 is 9.47 Å². The van der Waals surface area contributed by atoms with Gasteiger partial charge < -0.3 is 19.7 Å². The van der Waals surface area contributed by atoms with E-state index in [4.69, 9.17) is 9.47 Å². The van der Waals surface area contributed by atoms with Crippen LogP contribution in [0.4, 0.5) is 0 Å². The van der Waals surface area contributed by atoms with Crippen LogP contribution in [0.25, 0.3) is 0 Å². The van der Waals surface area contributed by atoms with Crippen molar-refractivity contribution in [3.05, 3.63) is 47.8 Å². The molecule has 1 aliphatic heterocycles. The lowest BCUT2D eigenvalue weighted by Gasteiger charge is -2.34. The minimum absolute atomic E-state index is 0.0255. The Balaban J connectivity index is 1.52. The van der Waals surface area contributed by atoms with Gasteiger partial charge in [0.25, 0.3) is 0 Å². The Kier molecular flexibility index (Phi) is 6.12. The number of aliphatic imine (C=N–C) groups is 1. The second-order valence-electron chi connectivity index (χ2n) is 6.32. The number of aromatic nitrogens is 2. The molecule has 2 heterocycles. The van der Waals surface area contributed by atoms with E-state index in [-0.39, 0.29) is 6.10 Å². The summed E-state index contributed by atoms with van der Waals surface area (Å²) in [4.78, 5) is 6.68. The van der Waals surface area contributed by atoms with Gasteiger partial charge in [0.1, 0.15) is 11.9 Å². The van der Waals surface area contributed by atoms with E-state index in [9.17, 15) is 0 Å². The summed E-state index contributed by atoms with van der Waals surface area (Å²) in [6.45, 7) is 3.11. The van der Waals surface area contributed by atoms with E-state index in [1.54, 1.807) is 11.8 Å². The molecule has 7 nitrogen and oxygen atoms in total. The van der Waals surface area contributed by atoms with E-state index in [1.807, 2.05) is 38.6 Å². The summed E-state index contributed by atoms with van der Waals surface area (Å²) in [5.74, 6) is 1.79. The molecule has 0 spiro atoms. The highest BCUT2D eigenvalue weighted by Crippen LogP contribution is 2.21. The third-order valence-electron chi connectivity index (χ3n) is 4.53. The third kappa shape index (κ3) is 4.54. The Morgan fingerprint density at radius 3 is 2.85 bits per heavy atom. The number of methoxy groups -OCH3 is 1. The lowest BCUT2D eigenvalue weighted by Crippen LogP contribution is -2.48. The van der Waals surface area contributed by atoms with Crippen LogP contribution in [0, 0.1) is 0 Å². The number of hydrogen-bond acceptors (Lipinski definition) is 4. The maximum absolute atomic E-state index is 5.91. The zero-order chi connectivity index (χ0) is 18.4. The monoisotopic (exact) mass is 357 g/mol. The van der Waals surface area contributed by atoms with Crippen molar-refractivity contribution in [2.24, 2.45) is 12.0 Å². The molecule has 0 radical (unpaired) electrons. The summed E-state index contributed by atoms with van der Waals surface area (Å²) in [5.41, 5.74) is 2.37. The number of ether oxygens (including phenoxy) is 2. The largest absolute Gasteiger partial charge is 0.497 e. The predicted octanol–water partition coefficient (Wildman–Crippen LogP) is 1.62. The maximum atomic E-state index is 5.91. The van der Waals surface area contributed by atoms with Gasteiger partial charge in [-0.15, -0.1) is 0 Å². The Labute approximate surface area is 154 Å². The molecule has 140 valence electrons. The average molecular weight is 357 g/mol. The molecule has 0 saturated carbocycles. The van der Waals surface area contributed by atoms with Gasteiger partial charge in [0.05, 0.1) is 26.5 Å². The van der Waals surface area contributed by atoms with Crippen molar-refractivity contribution >= 4 is 5.96 Å². The molecule has 1 unspecified atom stereocenters. The molecule has 1 fully saturated rings. The molecule has 0 aliphatic carbocycles. The van der Waals surface area contributed by atoms with Crippen LogP contribution in [0.3, 0.4) is 0 Å². The fraction of sp³-hybridized carbons (Fsp3) is 0.474. The van der Waals surface area contributed by atoms with Crippen molar-refractivity contribution in [1.82, 2.24) is 20.0 Å². The third-order valence-corrected chi connectivity index (χ3v) is 4.53. The smallest absolute Gasteiger partial charge is 0.193 e. The fourth-order valence-corrected chi connectivity index (χ4v) is 3.09. The standard InChI is InChI=1S/C19H27N5O2/c1-20-19(21-9-8-15-4-6-17(25-3)7-5-15)24-10-11-26-18(14-24)16-12-22-23(2)13-16/h4-7,12-13,18H,8-11,14H2,1-3H3,(H,20,21). The molecule has 2 aromatic rings. The van der Waals surface area contributed by atoms with Crippen LogP contribution in [0.2, 0.25) is 0 Å². The van der Waals surface area contributed by atoms with Gasteiger partial charge in [0.15, 0.2) is 5.96 Å². The van der Waals surface area contributed by atoms with Gasteiger partial charge in [-0.3, -0.25) is 9.67 Å². The Hall–Kier alpha value is -2.54. The number of benzene rings is 1. The number of hydrogen-bond donors (Lipinski definition) is 1. The maximum Gasteiger partial charge on any atom is 0.193 e. The highest BCUT2D eigenvalue weighted by Gasteiger charge is 2.24. The molecule has 1 atom stereocenters. The van der Waals surface area contributed by atoms with E-state index in [0.717, 1.165) is 43.3 Å². The summed E-state index contributed by atoms with van der Waals surface area (Å²) >= 11 is 0. The van der Waals surface area contributed by atoms with Gasteiger partial charge in [0, 0.05) is 38.9 Å². The first-order valence-electron chi connectivity index (χ1n) is 8.88. The number of aryl methyl sites for hydroxylation is 1. The summed E-state index contributed by atoms with van der Waals surface area (Å²) in [5, 5.41) is 7.70. The van der Waals surface area contributed by atoms with Gasteiger partial charge in [-0.25, -0.2) is 0 Å². The number of morpholine rings is 1. The van der Waals surface area contributed by atoms with E-state index in [0.29, 0.717) is 6.61 Å². The molecule has 1 N–H and O–H groups in total. The van der Waals surface area contributed by atoms with E-state index >= 15 is 0 Å².